The molecule has 2 aromatic rings. The smallest absolute Gasteiger partial charge is 0.223 e. The van der Waals surface area contributed by atoms with Gasteiger partial charge in [-0.15, -0.1) is 0 Å². The number of methoxy groups -OCH3 is 1. The zero-order chi connectivity index (χ0) is 12.3. The highest BCUT2D eigenvalue weighted by Gasteiger charge is 2.22. The Labute approximate surface area is 97.5 Å². The molecule has 5 nitrogen and oxygen atoms in total. The molecule has 0 fully saturated rings. The van der Waals surface area contributed by atoms with Crippen molar-refractivity contribution >= 4 is 0 Å². The number of aromatic nitrogens is 3. The number of hydrogen-bond donors (Lipinski definition) is 1. The van der Waals surface area contributed by atoms with E-state index in [1.165, 1.54) is 19.8 Å². The summed E-state index contributed by atoms with van der Waals surface area (Å²) in [7, 11) is 1.51. The molecule has 6 heteroatoms. The van der Waals surface area contributed by atoms with E-state index < -0.39 is 12.4 Å². The maximum Gasteiger partial charge on any atom is 0.223 e. The number of alkyl halides is 1. The van der Waals surface area contributed by atoms with Gasteiger partial charge < -0.3 is 9.84 Å². The lowest BCUT2D eigenvalue weighted by atomic mass is 10.1. The molecule has 1 aromatic carbocycles. The van der Waals surface area contributed by atoms with Crippen molar-refractivity contribution in [2.75, 3.05) is 7.11 Å². The molecule has 2 unspecified atom stereocenters. The van der Waals surface area contributed by atoms with Crippen molar-refractivity contribution in [3.05, 3.63) is 42.5 Å². The standard InChI is InChI=1S/C11H12FN3O2/c1-17-9-4-2-3-8(5-9)10(16)11(12)15-7-13-6-14-15/h2-7,10-11,16H,1H3. The summed E-state index contributed by atoms with van der Waals surface area (Å²) in [5, 5.41) is 13.5. The molecule has 17 heavy (non-hydrogen) atoms. The van der Waals surface area contributed by atoms with Crippen LogP contribution in [0.2, 0.25) is 0 Å². The molecule has 0 saturated heterocycles. The molecule has 0 spiro atoms. The number of benzene rings is 1. The third-order valence-electron chi connectivity index (χ3n) is 2.39. The fourth-order valence-corrected chi connectivity index (χ4v) is 1.47. The van der Waals surface area contributed by atoms with Crippen LogP contribution in [-0.4, -0.2) is 27.0 Å². The molecule has 0 radical (unpaired) electrons. The number of aliphatic hydroxyl groups is 1. The van der Waals surface area contributed by atoms with Crippen LogP contribution in [0.3, 0.4) is 0 Å². The number of ether oxygens (including phenoxy) is 1. The molecule has 2 rings (SSSR count). The van der Waals surface area contributed by atoms with Gasteiger partial charge in [-0.25, -0.2) is 14.1 Å². The maximum atomic E-state index is 13.9. The molecule has 1 aromatic heterocycles. The van der Waals surface area contributed by atoms with E-state index in [-0.39, 0.29) is 0 Å². The summed E-state index contributed by atoms with van der Waals surface area (Å²) in [5.74, 6) is 0.562. The first-order chi connectivity index (χ1) is 8.22. The van der Waals surface area contributed by atoms with Crippen molar-refractivity contribution in [1.82, 2.24) is 14.8 Å². The molecule has 0 amide bonds. The van der Waals surface area contributed by atoms with Crippen molar-refractivity contribution < 1.29 is 14.2 Å². The van der Waals surface area contributed by atoms with Crippen molar-refractivity contribution in [3.63, 3.8) is 0 Å². The van der Waals surface area contributed by atoms with Gasteiger partial charge in [-0.3, -0.25) is 0 Å². The van der Waals surface area contributed by atoms with Crippen molar-refractivity contribution in [3.8, 4) is 5.75 Å². The van der Waals surface area contributed by atoms with E-state index in [2.05, 4.69) is 10.1 Å². The molecule has 0 aliphatic carbocycles. The van der Waals surface area contributed by atoms with Crippen LogP contribution in [-0.2, 0) is 0 Å². The van der Waals surface area contributed by atoms with Gasteiger partial charge in [0.2, 0.25) is 6.30 Å². The second-order valence-electron chi connectivity index (χ2n) is 3.47. The summed E-state index contributed by atoms with van der Waals surface area (Å²) in [5.41, 5.74) is 0.423. The minimum atomic E-state index is -1.68. The molecule has 0 bridgehead atoms. The van der Waals surface area contributed by atoms with E-state index in [0.29, 0.717) is 11.3 Å². The minimum absolute atomic E-state index is 0.423. The average Bonchev–Trinajstić information content (AvgIpc) is 2.91. The molecule has 90 valence electrons. The molecular formula is C11H12FN3O2. The topological polar surface area (TPSA) is 60.2 Å². The Morgan fingerprint density at radius 1 is 1.47 bits per heavy atom. The Kier molecular flexibility index (Phi) is 3.34. The predicted molar refractivity (Wildman–Crippen MR) is 58.1 cm³/mol. The van der Waals surface area contributed by atoms with E-state index in [0.717, 1.165) is 4.68 Å². The normalized spacial score (nSPS) is 14.3. The number of aliphatic hydroxyl groups excluding tert-OH is 1. The van der Waals surface area contributed by atoms with Gasteiger partial charge in [0.05, 0.1) is 7.11 Å². The van der Waals surface area contributed by atoms with Crippen LogP contribution < -0.4 is 4.74 Å². The Hall–Kier alpha value is -1.95. The maximum absolute atomic E-state index is 13.9. The highest BCUT2D eigenvalue weighted by molar-refractivity contribution is 5.30. The summed E-state index contributed by atoms with van der Waals surface area (Å²) >= 11 is 0. The Bertz CT molecular complexity index is 475. The second-order valence-corrected chi connectivity index (χ2v) is 3.47. The lowest BCUT2D eigenvalue weighted by Crippen LogP contribution is -2.14. The largest absolute Gasteiger partial charge is 0.497 e. The molecule has 0 aliphatic rings. The van der Waals surface area contributed by atoms with Crippen LogP contribution in [0.4, 0.5) is 4.39 Å². The Morgan fingerprint density at radius 3 is 2.94 bits per heavy atom. The first-order valence-corrected chi connectivity index (χ1v) is 5.02. The average molecular weight is 237 g/mol. The number of nitrogens with zero attached hydrogens (tertiary/aromatic N) is 3. The van der Waals surface area contributed by atoms with E-state index in [9.17, 15) is 9.50 Å². The molecule has 1 N–H and O–H groups in total. The Morgan fingerprint density at radius 2 is 2.29 bits per heavy atom. The van der Waals surface area contributed by atoms with E-state index in [1.54, 1.807) is 24.3 Å². The lowest BCUT2D eigenvalue weighted by Gasteiger charge is -2.16. The monoisotopic (exact) mass is 237 g/mol. The van der Waals surface area contributed by atoms with Gasteiger partial charge in [0, 0.05) is 0 Å². The number of halogens is 1. The third-order valence-corrected chi connectivity index (χ3v) is 2.39. The lowest BCUT2D eigenvalue weighted by molar-refractivity contribution is 0.0252. The van der Waals surface area contributed by atoms with Crippen molar-refractivity contribution in [1.29, 1.82) is 0 Å². The van der Waals surface area contributed by atoms with Gasteiger partial charge in [0.25, 0.3) is 0 Å². The molecule has 0 saturated carbocycles. The quantitative estimate of drug-likeness (QED) is 0.875. The van der Waals surface area contributed by atoms with Crippen LogP contribution in [0.1, 0.15) is 18.0 Å². The summed E-state index contributed by atoms with van der Waals surface area (Å²) in [6, 6.07) is 6.61. The van der Waals surface area contributed by atoms with E-state index in [1.807, 2.05) is 0 Å². The van der Waals surface area contributed by atoms with Crippen LogP contribution in [0.25, 0.3) is 0 Å². The molecular weight excluding hydrogens is 225 g/mol. The van der Waals surface area contributed by atoms with Crippen molar-refractivity contribution in [2.45, 2.75) is 12.4 Å². The highest BCUT2D eigenvalue weighted by Crippen LogP contribution is 2.28. The van der Waals surface area contributed by atoms with Crippen LogP contribution in [0.15, 0.2) is 36.9 Å². The van der Waals surface area contributed by atoms with Crippen LogP contribution in [0, 0.1) is 0 Å². The number of hydrogen-bond acceptors (Lipinski definition) is 4. The van der Waals surface area contributed by atoms with Gasteiger partial charge in [-0.1, -0.05) is 12.1 Å². The fourth-order valence-electron chi connectivity index (χ4n) is 1.47. The summed E-state index contributed by atoms with van der Waals surface area (Å²) in [6.45, 7) is 0. The zero-order valence-electron chi connectivity index (χ0n) is 9.19. The predicted octanol–water partition coefficient (Wildman–Crippen LogP) is 1.49. The van der Waals surface area contributed by atoms with Crippen LogP contribution >= 0.6 is 0 Å². The Balaban J connectivity index is 2.21. The summed E-state index contributed by atoms with van der Waals surface area (Å²) in [4.78, 5) is 3.63. The summed E-state index contributed by atoms with van der Waals surface area (Å²) in [6.07, 6.45) is -0.560. The molecule has 0 aliphatic heterocycles. The summed E-state index contributed by atoms with van der Waals surface area (Å²) < 4.78 is 19.8. The highest BCUT2D eigenvalue weighted by atomic mass is 19.1. The zero-order valence-corrected chi connectivity index (χ0v) is 9.19. The van der Waals surface area contributed by atoms with E-state index >= 15 is 0 Å². The number of rotatable bonds is 4. The van der Waals surface area contributed by atoms with Gasteiger partial charge in [0.15, 0.2) is 0 Å². The van der Waals surface area contributed by atoms with Gasteiger partial charge in [-0.2, -0.15) is 5.10 Å². The van der Waals surface area contributed by atoms with E-state index in [4.69, 9.17) is 4.74 Å². The first kappa shape index (κ1) is 11.5. The van der Waals surface area contributed by atoms with Gasteiger partial charge in [0.1, 0.15) is 24.5 Å². The van der Waals surface area contributed by atoms with Gasteiger partial charge >= 0.3 is 0 Å². The van der Waals surface area contributed by atoms with Crippen LogP contribution in [0.5, 0.6) is 5.75 Å². The van der Waals surface area contributed by atoms with Crippen molar-refractivity contribution in [2.24, 2.45) is 0 Å². The molecule has 1 heterocycles. The van der Waals surface area contributed by atoms with Gasteiger partial charge in [-0.05, 0) is 17.7 Å². The SMILES string of the molecule is COc1cccc(C(O)C(F)n2cncn2)c1. The second kappa shape index (κ2) is 4.92. The first-order valence-electron chi connectivity index (χ1n) is 5.02. The third kappa shape index (κ3) is 2.42. The minimum Gasteiger partial charge on any atom is -0.497 e. The molecule has 2 atom stereocenters. The fraction of sp³-hybridized carbons (Fsp3) is 0.273.